The highest BCUT2D eigenvalue weighted by Gasteiger charge is 2.06. The van der Waals surface area contributed by atoms with E-state index in [0.717, 1.165) is 10.0 Å². The van der Waals surface area contributed by atoms with E-state index in [1.54, 1.807) is 55.7 Å². The van der Waals surface area contributed by atoms with Gasteiger partial charge in [-0.3, -0.25) is 25.8 Å². The fourth-order valence-corrected chi connectivity index (χ4v) is 2.57. The third-order valence-electron chi connectivity index (χ3n) is 3.57. The van der Waals surface area contributed by atoms with Gasteiger partial charge in [0.05, 0.1) is 14.2 Å². The van der Waals surface area contributed by atoms with E-state index in [4.69, 9.17) is 26.4 Å². The first-order chi connectivity index (χ1) is 14.4. The number of ether oxygens (including phenoxy) is 3. The molecule has 0 aliphatic carbocycles. The predicted octanol–water partition coefficient (Wildman–Crippen LogP) is 2.58. The number of rotatable bonds is 7. The average Bonchev–Trinajstić information content (AvgIpc) is 2.75. The number of methoxy groups -OCH3 is 2. The number of benzene rings is 2. The lowest BCUT2D eigenvalue weighted by Gasteiger charge is -2.10. The molecule has 8 nitrogen and oxygen atoms in total. The lowest BCUT2D eigenvalue weighted by molar-refractivity contribution is -0.123. The van der Waals surface area contributed by atoms with Crippen LogP contribution in [0.5, 0.6) is 17.2 Å². The van der Waals surface area contributed by atoms with Crippen molar-refractivity contribution in [2.45, 2.75) is 0 Å². The van der Waals surface area contributed by atoms with Crippen molar-refractivity contribution in [1.82, 2.24) is 16.2 Å². The van der Waals surface area contributed by atoms with E-state index in [2.05, 4.69) is 32.1 Å². The van der Waals surface area contributed by atoms with Crippen LogP contribution in [0.25, 0.3) is 6.08 Å². The Morgan fingerprint density at radius 3 is 2.40 bits per heavy atom. The van der Waals surface area contributed by atoms with Gasteiger partial charge in [-0.05, 0) is 60.3 Å². The molecule has 0 saturated carbocycles. The van der Waals surface area contributed by atoms with Crippen molar-refractivity contribution in [2.75, 3.05) is 20.8 Å². The first kappa shape index (κ1) is 23.2. The normalized spacial score (nSPS) is 10.2. The van der Waals surface area contributed by atoms with E-state index >= 15 is 0 Å². The molecule has 30 heavy (non-hydrogen) atoms. The minimum atomic E-state index is -0.470. The number of halogens is 1. The summed E-state index contributed by atoms with van der Waals surface area (Å²) in [7, 11) is 3.07. The van der Waals surface area contributed by atoms with Crippen molar-refractivity contribution in [3.63, 3.8) is 0 Å². The maximum absolute atomic E-state index is 12.0. The van der Waals surface area contributed by atoms with Crippen molar-refractivity contribution in [2.24, 2.45) is 0 Å². The Bertz CT molecular complexity index is 935. The van der Waals surface area contributed by atoms with Gasteiger partial charge in [-0.1, -0.05) is 22.0 Å². The highest BCUT2D eigenvalue weighted by molar-refractivity contribution is 9.10. The van der Waals surface area contributed by atoms with Gasteiger partial charge in [0, 0.05) is 10.5 Å². The molecule has 0 bridgehead atoms. The van der Waals surface area contributed by atoms with E-state index in [1.807, 2.05) is 0 Å². The minimum Gasteiger partial charge on any atom is -0.493 e. The van der Waals surface area contributed by atoms with Gasteiger partial charge < -0.3 is 14.2 Å². The number of hydrogen-bond donors (Lipinski definition) is 3. The molecule has 0 saturated heterocycles. The molecule has 2 amide bonds. The number of carbonyl (C=O) groups excluding carboxylic acids is 2. The highest BCUT2D eigenvalue weighted by Crippen LogP contribution is 2.27. The summed E-state index contributed by atoms with van der Waals surface area (Å²) in [4.78, 5) is 23.7. The summed E-state index contributed by atoms with van der Waals surface area (Å²) in [6.07, 6.45) is 2.89. The molecule has 0 radical (unpaired) electrons. The second-order valence-electron chi connectivity index (χ2n) is 5.68. The topological polar surface area (TPSA) is 97.9 Å². The fraction of sp³-hybridized carbons (Fsp3) is 0.150. The summed E-state index contributed by atoms with van der Waals surface area (Å²) < 4.78 is 16.6. The molecule has 0 heterocycles. The smallest absolute Gasteiger partial charge is 0.276 e. The predicted molar refractivity (Wildman–Crippen MR) is 120 cm³/mol. The number of hydrogen-bond acceptors (Lipinski definition) is 6. The third kappa shape index (κ3) is 7.72. The molecule has 2 aromatic carbocycles. The first-order valence-electron chi connectivity index (χ1n) is 8.59. The Hall–Kier alpha value is -3.11. The lowest BCUT2D eigenvalue weighted by Crippen LogP contribution is -2.49. The molecular formula is C20H20BrN3O5S. The van der Waals surface area contributed by atoms with Gasteiger partial charge >= 0.3 is 0 Å². The van der Waals surface area contributed by atoms with E-state index in [1.165, 1.54) is 13.2 Å². The quantitative estimate of drug-likeness (QED) is 0.309. The molecule has 2 aromatic rings. The lowest BCUT2D eigenvalue weighted by atomic mass is 10.2. The monoisotopic (exact) mass is 493 g/mol. The molecule has 0 atom stereocenters. The van der Waals surface area contributed by atoms with Gasteiger partial charge in [-0.25, -0.2) is 0 Å². The van der Waals surface area contributed by atoms with Crippen molar-refractivity contribution >= 4 is 51.2 Å². The van der Waals surface area contributed by atoms with E-state index in [-0.39, 0.29) is 11.7 Å². The zero-order chi connectivity index (χ0) is 21.9. The van der Waals surface area contributed by atoms with Crippen LogP contribution in [0.2, 0.25) is 0 Å². The Labute approximate surface area is 187 Å². The molecule has 0 fully saturated rings. The highest BCUT2D eigenvalue weighted by atomic mass is 79.9. The summed E-state index contributed by atoms with van der Waals surface area (Å²) in [6.45, 7) is -0.218. The van der Waals surface area contributed by atoms with Gasteiger partial charge in [-0.2, -0.15) is 0 Å². The second-order valence-corrected chi connectivity index (χ2v) is 7.01. The fourth-order valence-electron chi connectivity index (χ4n) is 2.16. The summed E-state index contributed by atoms with van der Waals surface area (Å²) in [5, 5.41) is 2.35. The zero-order valence-electron chi connectivity index (χ0n) is 16.2. The van der Waals surface area contributed by atoms with E-state index in [0.29, 0.717) is 17.2 Å². The SMILES string of the molecule is COc1ccc(C=CC(=O)NC(=S)NNC(=O)COc2ccc(Br)cc2)cc1OC. The van der Waals surface area contributed by atoms with Crippen LogP contribution in [0.3, 0.4) is 0 Å². The maximum Gasteiger partial charge on any atom is 0.276 e. The van der Waals surface area contributed by atoms with Gasteiger partial charge in [0.2, 0.25) is 5.91 Å². The maximum atomic E-state index is 12.0. The molecule has 0 aliphatic rings. The van der Waals surface area contributed by atoms with E-state index < -0.39 is 11.8 Å². The Kier molecular flexibility index (Phi) is 9.10. The Morgan fingerprint density at radius 1 is 1.03 bits per heavy atom. The molecular weight excluding hydrogens is 474 g/mol. The number of nitrogens with one attached hydrogen (secondary N) is 3. The second kappa shape index (κ2) is 11.8. The van der Waals surface area contributed by atoms with Crippen LogP contribution in [0.15, 0.2) is 53.0 Å². The molecule has 10 heteroatoms. The van der Waals surface area contributed by atoms with Gasteiger partial charge in [0.15, 0.2) is 23.2 Å². The standard InChI is InChI=1S/C20H20BrN3O5S/c1-27-16-9-3-13(11-17(16)28-2)4-10-18(25)22-20(30)24-23-19(26)12-29-15-7-5-14(21)6-8-15/h3-11H,12H2,1-2H3,(H,23,26)(H2,22,24,25,30). The van der Waals surface area contributed by atoms with Crippen LogP contribution in [-0.4, -0.2) is 37.8 Å². The van der Waals surface area contributed by atoms with Crippen LogP contribution in [0.4, 0.5) is 0 Å². The van der Waals surface area contributed by atoms with Crippen molar-refractivity contribution in [1.29, 1.82) is 0 Å². The molecule has 0 aromatic heterocycles. The largest absolute Gasteiger partial charge is 0.493 e. The molecule has 0 aliphatic heterocycles. The number of thiocarbonyl (C=S) groups is 1. The number of carbonyl (C=O) groups is 2. The summed E-state index contributed by atoms with van der Waals surface area (Å²) in [6, 6.07) is 12.3. The molecule has 0 spiro atoms. The number of hydrazine groups is 1. The minimum absolute atomic E-state index is 0.0612. The van der Waals surface area contributed by atoms with Gasteiger partial charge in [-0.15, -0.1) is 0 Å². The third-order valence-corrected chi connectivity index (χ3v) is 4.30. The van der Waals surface area contributed by atoms with Crippen LogP contribution in [-0.2, 0) is 9.59 Å². The van der Waals surface area contributed by atoms with Gasteiger partial charge in [0.25, 0.3) is 5.91 Å². The van der Waals surface area contributed by atoms with Crippen LogP contribution < -0.4 is 30.4 Å². The van der Waals surface area contributed by atoms with Crippen molar-refractivity contribution in [3.05, 3.63) is 58.6 Å². The Morgan fingerprint density at radius 2 is 1.73 bits per heavy atom. The molecule has 2 rings (SSSR count). The summed E-state index contributed by atoms with van der Waals surface area (Å²) in [5.74, 6) is 0.747. The van der Waals surface area contributed by atoms with Crippen molar-refractivity contribution < 1.29 is 23.8 Å². The van der Waals surface area contributed by atoms with Crippen LogP contribution >= 0.6 is 28.1 Å². The zero-order valence-corrected chi connectivity index (χ0v) is 18.6. The van der Waals surface area contributed by atoms with Crippen molar-refractivity contribution in [3.8, 4) is 17.2 Å². The van der Waals surface area contributed by atoms with Crippen LogP contribution in [0.1, 0.15) is 5.56 Å². The van der Waals surface area contributed by atoms with E-state index in [9.17, 15) is 9.59 Å². The van der Waals surface area contributed by atoms with Crippen LogP contribution in [0, 0.1) is 0 Å². The first-order valence-corrected chi connectivity index (χ1v) is 9.79. The number of amides is 2. The average molecular weight is 494 g/mol. The molecule has 3 N–H and O–H groups in total. The molecule has 158 valence electrons. The summed E-state index contributed by atoms with van der Waals surface area (Å²) >= 11 is 8.28. The molecule has 0 unspecified atom stereocenters. The summed E-state index contributed by atoms with van der Waals surface area (Å²) in [5.41, 5.74) is 5.51. The van der Waals surface area contributed by atoms with Gasteiger partial charge in [0.1, 0.15) is 5.75 Å². The Balaban J connectivity index is 1.74.